The van der Waals surface area contributed by atoms with Gasteiger partial charge in [-0.15, -0.1) is 10.2 Å². The van der Waals surface area contributed by atoms with Crippen LogP contribution < -0.4 is 0 Å². The summed E-state index contributed by atoms with van der Waals surface area (Å²) in [6.07, 6.45) is 1.60. The first kappa shape index (κ1) is 21.1. The molecule has 0 bridgehead atoms. The SMILES string of the molecule is CCn1c(SCC(=O)c2cc(C)n(Cc3ccc(F)cc3)c2C)nnc1-c1ccco1. The first-order valence-electron chi connectivity index (χ1n) is 10.0. The van der Waals surface area contributed by atoms with E-state index in [2.05, 4.69) is 14.8 Å². The lowest BCUT2D eigenvalue weighted by Crippen LogP contribution is -2.08. The molecule has 0 aliphatic rings. The molecule has 1 aromatic carbocycles. The quantitative estimate of drug-likeness (QED) is 0.282. The molecule has 0 N–H and O–H groups in total. The Labute approximate surface area is 184 Å². The molecule has 0 atom stereocenters. The number of ketones is 1. The van der Waals surface area contributed by atoms with Crippen molar-refractivity contribution in [1.82, 2.24) is 19.3 Å². The van der Waals surface area contributed by atoms with E-state index in [-0.39, 0.29) is 17.4 Å². The summed E-state index contributed by atoms with van der Waals surface area (Å²) in [5.41, 5.74) is 3.58. The smallest absolute Gasteiger partial charge is 0.200 e. The zero-order valence-electron chi connectivity index (χ0n) is 17.6. The van der Waals surface area contributed by atoms with Crippen molar-refractivity contribution in [1.29, 1.82) is 0 Å². The second-order valence-electron chi connectivity index (χ2n) is 7.24. The standard InChI is InChI=1S/C23H23FN4O2S/c1-4-27-22(21-6-5-11-30-21)25-26-23(27)31-14-20(29)19-12-15(2)28(16(19)3)13-17-7-9-18(24)10-8-17/h5-12H,4,13-14H2,1-3H3. The summed E-state index contributed by atoms with van der Waals surface area (Å²) in [4.78, 5) is 13.0. The molecule has 0 aliphatic carbocycles. The molecule has 3 heterocycles. The largest absolute Gasteiger partial charge is 0.461 e. The molecule has 6 nitrogen and oxygen atoms in total. The number of hydrogen-bond donors (Lipinski definition) is 0. The van der Waals surface area contributed by atoms with E-state index in [1.165, 1.54) is 23.9 Å². The van der Waals surface area contributed by atoms with Gasteiger partial charge in [0.05, 0.1) is 12.0 Å². The molecule has 31 heavy (non-hydrogen) atoms. The Morgan fingerprint density at radius 2 is 1.90 bits per heavy atom. The number of halogens is 1. The highest BCUT2D eigenvalue weighted by atomic mass is 32.2. The number of hydrogen-bond acceptors (Lipinski definition) is 5. The van der Waals surface area contributed by atoms with Crippen LogP contribution >= 0.6 is 11.8 Å². The molecule has 4 aromatic rings. The Balaban J connectivity index is 1.49. The van der Waals surface area contributed by atoms with Gasteiger partial charge in [-0.05, 0) is 56.7 Å². The normalized spacial score (nSPS) is 11.2. The average Bonchev–Trinajstić information content (AvgIpc) is 3.49. The highest BCUT2D eigenvalue weighted by molar-refractivity contribution is 7.99. The van der Waals surface area contributed by atoms with E-state index < -0.39 is 0 Å². The van der Waals surface area contributed by atoms with Gasteiger partial charge in [-0.1, -0.05) is 23.9 Å². The van der Waals surface area contributed by atoms with Crippen LogP contribution in [0.1, 0.15) is 34.2 Å². The van der Waals surface area contributed by atoms with Crippen LogP contribution in [-0.2, 0) is 13.1 Å². The van der Waals surface area contributed by atoms with Crippen molar-refractivity contribution in [3.63, 3.8) is 0 Å². The third-order valence-corrected chi connectivity index (χ3v) is 6.20. The molecule has 0 aliphatic heterocycles. The van der Waals surface area contributed by atoms with E-state index in [4.69, 9.17) is 4.42 Å². The summed E-state index contributed by atoms with van der Waals surface area (Å²) >= 11 is 1.37. The molecular weight excluding hydrogens is 415 g/mol. The van der Waals surface area contributed by atoms with Gasteiger partial charge in [-0.25, -0.2) is 4.39 Å². The number of nitrogens with zero attached hydrogens (tertiary/aromatic N) is 4. The Hall–Kier alpha value is -3.13. The van der Waals surface area contributed by atoms with E-state index >= 15 is 0 Å². The average molecular weight is 439 g/mol. The number of carbonyl (C=O) groups is 1. The van der Waals surface area contributed by atoms with Crippen LogP contribution in [0.4, 0.5) is 4.39 Å². The number of thioether (sulfide) groups is 1. The molecule has 4 rings (SSSR count). The van der Waals surface area contributed by atoms with Crippen molar-refractivity contribution in [3.05, 3.63) is 77.1 Å². The number of carbonyl (C=O) groups excluding carboxylic acids is 1. The number of aryl methyl sites for hydroxylation is 1. The zero-order valence-corrected chi connectivity index (χ0v) is 18.4. The molecule has 160 valence electrons. The van der Waals surface area contributed by atoms with Gasteiger partial charge in [0.1, 0.15) is 5.82 Å². The molecule has 0 saturated heterocycles. The fraction of sp³-hybridized carbons (Fsp3) is 0.261. The fourth-order valence-electron chi connectivity index (χ4n) is 3.58. The Bertz CT molecular complexity index is 1190. The number of aromatic nitrogens is 4. The van der Waals surface area contributed by atoms with E-state index in [1.54, 1.807) is 18.4 Å². The second-order valence-corrected chi connectivity index (χ2v) is 8.18. The molecule has 0 spiro atoms. The van der Waals surface area contributed by atoms with E-state index in [0.29, 0.717) is 35.4 Å². The van der Waals surface area contributed by atoms with Gasteiger partial charge in [0.15, 0.2) is 22.5 Å². The minimum Gasteiger partial charge on any atom is -0.461 e. The zero-order chi connectivity index (χ0) is 22.0. The first-order chi connectivity index (χ1) is 15.0. The number of rotatable bonds is 8. The monoisotopic (exact) mass is 438 g/mol. The summed E-state index contributed by atoms with van der Waals surface area (Å²) < 4.78 is 22.6. The number of benzene rings is 1. The van der Waals surface area contributed by atoms with Crippen LogP contribution in [0.15, 0.2) is 58.3 Å². The lowest BCUT2D eigenvalue weighted by atomic mass is 10.2. The van der Waals surface area contributed by atoms with Crippen molar-refractivity contribution in [2.45, 2.75) is 39.0 Å². The van der Waals surface area contributed by atoms with Crippen molar-refractivity contribution < 1.29 is 13.6 Å². The van der Waals surface area contributed by atoms with Crippen molar-refractivity contribution in [2.75, 3.05) is 5.75 Å². The number of furan rings is 1. The lowest BCUT2D eigenvalue weighted by Gasteiger charge is -2.10. The van der Waals surface area contributed by atoms with Crippen LogP contribution in [-0.4, -0.2) is 30.9 Å². The van der Waals surface area contributed by atoms with Crippen LogP contribution in [0.5, 0.6) is 0 Å². The Morgan fingerprint density at radius 1 is 1.13 bits per heavy atom. The topological polar surface area (TPSA) is 65.8 Å². The third-order valence-electron chi connectivity index (χ3n) is 5.23. The van der Waals surface area contributed by atoms with Crippen molar-refractivity contribution in [3.8, 4) is 11.6 Å². The van der Waals surface area contributed by atoms with Gasteiger partial charge < -0.3 is 8.98 Å². The van der Waals surface area contributed by atoms with E-state index in [9.17, 15) is 9.18 Å². The van der Waals surface area contributed by atoms with Crippen LogP contribution in [0.2, 0.25) is 0 Å². The van der Waals surface area contributed by atoms with Crippen LogP contribution in [0, 0.1) is 19.7 Å². The molecular formula is C23H23FN4O2S. The van der Waals surface area contributed by atoms with E-state index in [1.807, 2.05) is 43.5 Å². The number of Topliss-reactive ketones (excluding diaryl/α,β-unsaturated/α-hetero) is 1. The summed E-state index contributed by atoms with van der Waals surface area (Å²) in [6.45, 7) is 7.19. The highest BCUT2D eigenvalue weighted by Crippen LogP contribution is 2.26. The summed E-state index contributed by atoms with van der Waals surface area (Å²) in [6, 6.07) is 12.0. The summed E-state index contributed by atoms with van der Waals surface area (Å²) in [7, 11) is 0. The van der Waals surface area contributed by atoms with Gasteiger partial charge in [0.25, 0.3) is 0 Å². The molecule has 0 unspecified atom stereocenters. The molecule has 0 radical (unpaired) electrons. The maximum atomic E-state index is 13.2. The molecule has 0 saturated carbocycles. The third kappa shape index (κ3) is 4.34. The predicted molar refractivity (Wildman–Crippen MR) is 118 cm³/mol. The van der Waals surface area contributed by atoms with Gasteiger partial charge in [-0.2, -0.15) is 0 Å². The Kier molecular flexibility index (Phi) is 6.08. The summed E-state index contributed by atoms with van der Waals surface area (Å²) in [5.74, 6) is 1.34. The second kappa shape index (κ2) is 8.93. The van der Waals surface area contributed by atoms with Crippen LogP contribution in [0.3, 0.4) is 0 Å². The molecule has 8 heteroatoms. The summed E-state index contributed by atoms with van der Waals surface area (Å²) in [5, 5.41) is 9.15. The van der Waals surface area contributed by atoms with Gasteiger partial charge in [0, 0.05) is 30.0 Å². The van der Waals surface area contributed by atoms with E-state index in [0.717, 1.165) is 17.0 Å². The highest BCUT2D eigenvalue weighted by Gasteiger charge is 2.19. The minimum atomic E-state index is -0.257. The van der Waals surface area contributed by atoms with Crippen molar-refractivity contribution in [2.24, 2.45) is 0 Å². The molecule has 0 amide bonds. The van der Waals surface area contributed by atoms with Gasteiger partial charge in [-0.3, -0.25) is 9.36 Å². The van der Waals surface area contributed by atoms with Gasteiger partial charge >= 0.3 is 0 Å². The Morgan fingerprint density at radius 3 is 2.58 bits per heavy atom. The fourth-order valence-corrected chi connectivity index (χ4v) is 4.46. The molecule has 0 fully saturated rings. The minimum absolute atomic E-state index is 0.0358. The molecule has 3 aromatic heterocycles. The predicted octanol–water partition coefficient (Wildman–Crippen LogP) is 5.14. The van der Waals surface area contributed by atoms with Crippen LogP contribution in [0.25, 0.3) is 11.6 Å². The lowest BCUT2D eigenvalue weighted by molar-refractivity contribution is 0.102. The van der Waals surface area contributed by atoms with Crippen molar-refractivity contribution >= 4 is 17.5 Å². The van der Waals surface area contributed by atoms with Gasteiger partial charge in [0.2, 0.25) is 0 Å². The first-order valence-corrected chi connectivity index (χ1v) is 11.0. The maximum absolute atomic E-state index is 13.2. The maximum Gasteiger partial charge on any atom is 0.200 e.